The second-order valence-electron chi connectivity index (χ2n) is 6.98. The fraction of sp³-hybridized carbons (Fsp3) is 0.0870. The molecule has 4 aromatic rings. The summed E-state index contributed by atoms with van der Waals surface area (Å²) in [5.74, 6) is 0.146. The van der Waals surface area contributed by atoms with Crippen molar-refractivity contribution in [2.45, 2.75) is 12.7 Å². The molecule has 0 saturated carbocycles. The number of anilines is 1. The monoisotopic (exact) mass is 435 g/mol. The summed E-state index contributed by atoms with van der Waals surface area (Å²) in [5.41, 5.74) is 2.13. The summed E-state index contributed by atoms with van der Waals surface area (Å²) in [5, 5.41) is 28.6. The van der Waals surface area contributed by atoms with E-state index >= 15 is 0 Å². The van der Waals surface area contributed by atoms with Crippen molar-refractivity contribution in [3.05, 3.63) is 96.1 Å². The average molecular weight is 435 g/mol. The molecule has 1 N–H and O–H groups in total. The largest absolute Gasteiger partial charge is 0.508 e. The van der Waals surface area contributed by atoms with Gasteiger partial charge in [0.2, 0.25) is 0 Å². The van der Waals surface area contributed by atoms with Crippen molar-refractivity contribution < 1.29 is 18.3 Å². The van der Waals surface area contributed by atoms with Crippen molar-refractivity contribution in [3.8, 4) is 22.9 Å². The summed E-state index contributed by atoms with van der Waals surface area (Å²) < 4.78 is 40.5. The Kier molecular flexibility index (Phi) is 5.52. The number of halogens is 3. The van der Waals surface area contributed by atoms with E-state index in [-0.39, 0.29) is 5.75 Å². The maximum absolute atomic E-state index is 12.9. The summed E-state index contributed by atoms with van der Waals surface area (Å²) in [6.07, 6.45) is -1.42. The first-order valence-corrected chi connectivity index (χ1v) is 9.47. The fourth-order valence-electron chi connectivity index (χ4n) is 3.27. The van der Waals surface area contributed by atoms with Crippen molar-refractivity contribution in [2.75, 3.05) is 5.01 Å². The van der Waals surface area contributed by atoms with Crippen molar-refractivity contribution in [3.63, 3.8) is 0 Å². The van der Waals surface area contributed by atoms with Gasteiger partial charge in [0.25, 0.3) is 0 Å². The highest BCUT2D eigenvalue weighted by molar-refractivity contribution is 5.75. The number of aromatic hydroxyl groups is 1. The zero-order valence-electron chi connectivity index (χ0n) is 16.5. The summed E-state index contributed by atoms with van der Waals surface area (Å²) >= 11 is 0. The molecule has 0 bridgehead atoms. The molecule has 160 valence electrons. The Hall–Kier alpha value is -4.32. The lowest BCUT2D eigenvalue weighted by atomic mass is 9.98. The van der Waals surface area contributed by atoms with Crippen LogP contribution in [0.5, 0.6) is 5.75 Å². The van der Waals surface area contributed by atoms with Gasteiger partial charge >= 0.3 is 6.18 Å². The third-order valence-electron chi connectivity index (χ3n) is 4.90. The minimum Gasteiger partial charge on any atom is -0.508 e. The van der Waals surface area contributed by atoms with Gasteiger partial charge in [-0.2, -0.15) is 18.4 Å². The Morgan fingerprint density at radius 1 is 0.938 bits per heavy atom. The van der Waals surface area contributed by atoms with Gasteiger partial charge in [-0.25, -0.2) is 4.68 Å². The van der Waals surface area contributed by atoms with Gasteiger partial charge < -0.3 is 5.11 Å². The van der Waals surface area contributed by atoms with E-state index in [2.05, 4.69) is 16.3 Å². The zero-order chi connectivity index (χ0) is 22.7. The minimum atomic E-state index is -4.44. The van der Waals surface area contributed by atoms with Gasteiger partial charge in [0.1, 0.15) is 18.4 Å². The third-order valence-corrected chi connectivity index (χ3v) is 4.90. The molecule has 0 spiro atoms. The van der Waals surface area contributed by atoms with Gasteiger partial charge in [0.15, 0.2) is 0 Å². The Bertz CT molecular complexity index is 1250. The van der Waals surface area contributed by atoms with Crippen molar-refractivity contribution >= 4 is 5.69 Å². The topological polar surface area (TPSA) is 78.0 Å². The van der Waals surface area contributed by atoms with Crippen LogP contribution in [0.3, 0.4) is 0 Å². The molecule has 0 atom stereocenters. The molecule has 4 rings (SSSR count). The smallest absolute Gasteiger partial charge is 0.416 e. The van der Waals surface area contributed by atoms with Crippen LogP contribution in [0.2, 0.25) is 0 Å². The van der Waals surface area contributed by atoms with E-state index in [0.29, 0.717) is 28.9 Å². The summed E-state index contributed by atoms with van der Waals surface area (Å²) in [7, 11) is 0. The maximum atomic E-state index is 12.9. The first-order chi connectivity index (χ1) is 15.3. The second kappa shape index (κ2) is 8.43. The molecule has 0 aliphatic heterocycles. The van der Waals surface area contributed by atoms with E-state index in [0.717, 1.165) is 17.7 Å². The highest BCUT2D eigenvalue weighted by Gasteiger charge is 2.30. The molecule has 1 heterocycles. The highest BCUT2D eigenvalue weighted by Crippen LogP contribution is 2.33. The molecular weight excluding hydrogens is 419 g/mol. The number of nitrogens with zero attached hydrogens (tertiary/aromatic N) is 5. The standard InChI is InChI=1S/C23H16F3N5O/c24-23(25,26)19-6-3-17(4-7-19)22-11-20(8-5-18(22)12-27)31(30-14-28-29-15-30)13-16-1-9-21(32)10-2-16/h1-11,14-15,32H,13H2. The van der Waals surface area contributed by atoms with Crippen LogP contribution in [0.25, 0.3) is 11.1 Å². The van der Waals surface area contributed by atoms with E-state index in [1.165, 1.54) is 24.8 Å². The van der Waals surface area contributed by atoms with Gasteiger partial charge in [-0.15, -0.1) is 10.2 Å². The number of benzene rings is 3. The molecule has 0 radical (unpaired) electrons. The predicted octanol–water partition coefficient (Wildman–Crippen LogP) is 5.01. The van der Waals surface area contributed by atoms with Crippen LogP contribution < -0.4 is 5.01 Å². The number of hydrogen-bond acceptors (Lipinski definition) is 5. The van der Waals surface area contributed by atoms with E-state index in [1.54, 1.807) is 47.1 Å². The van der Waals surface area contributed by atoms with Crippen LogP contribution in [0.4, 0.5) is 18.9 Å². The van der Waals surface area contributed by atoms with Crippen LogP contribution in [-0.2, 0) is 12.7 Å². The number of alkyl halides is 3. The Labute approximate surface area is 181 Å². The number of rotatable bonds is 5. The molecule has 0 fully saturated rings. The first-order valence-electron chi connectivity index (χ1n) is 9.47. The molecular formula is C23H16F3N5O. The van der Waals surface area contributed by atoms with Gasteiger partial charge in [0, 0.05) is 5.56 Å². The number of phenols is 1. The highest BCUT2D eigenvalue weighted by atomic mass is 19.4. The zero-order valence-corrected chi connectivity index (χ0v) is 16.5. The van der Waals surface area contributed by atoms with Crippen molar-refractivity contribution in [2.24, 2.45) is 0 Å². The molecule has 0 aliphatic rings. The summed E-state index contributed by atoms with van der Waals surface area (Å²) in [4.78, 5) is 0. The molecule has 0 amide bonds. The number of aromatic nitrogens is 3. The van der Waals surface area contributed by atoms with Gasteiger partial charge in [0.05, 0.1) is 29.4 Å². The number of nitriles is 1. The Morgan fingerprint density at radius 2 is 1.59 bits per heavy atom. The van der Waals surface area contributed by atoms with Crippen LogP contribution in [0, 0.1) is 11.3 Å². The summed E-state index contributed by atoms with van der Waals surface area (Å²) in [6, 6.07) is 18.6. The predicted molar refractivity (Wildman–Crippen MR) is 111 cm³/mol. The number of hydrogen-bond donors (Lipinski definition) is 1. The maximum Gasteiger partial charge on any atom is 0.416 e. The lowest BCUT2D eigenvalue weighted by molar-refractivity contribution is -0.137. The minimum absolute atomic E-state index is 0.146. The molecule has 9 heteroatoms. The fourth-order valence-corrected chi connectivity index (χ4v) is 3.27. The van der Waals surface area contributed by atoms with Crippen molar-refractivity contribution in [1.29, 1.82) is 5.26 Å². The Morgan fingerprint density at radius 3 is 2.19 bits per heavy atom. The SMILES string of the molecule is N#Cc1ccc(N(Cc2ccc(O)cc2)n2cnnc2)cc1-c1ccc(C(F)(F)F)cc1. The van der Waals surface area contributed by atoms with Gasteiger partial charge in [-0.3, -0.25) is 5.01 Å². The average Bonchev–Trinajstić information content (AvgIpc) is 3.32. The van der Waals surface area contributed by atoms with E-state index in [9.17, 15) is 23.5 Å². The molecule has 32 heavy (non-hydrogen) atoms. The molecule has 0 saturated heterocycles. The van der Waals surface area contributed by atoms with Gasteiger partial charge in [-0.1, -0.05) is 24.3 Å². The van der Waals surface area contributed by atoms with E-state index < -0.39 is 11.7 Å². The van der Waals surface area contributed by atoms with Crippen LogP contribution in [0.1, 0.15) is 16.7 Å². The lowest BCUT2D eigenvalue weighted by Crippen LogP contribution is -2.27. The van der Waals surface area contributed by atoms with Crippen LogP contribution in [-0.4, -0.2) is 20.0 Å². The van der Waals surface area contributed by atoms with E-state index in [1.807, 2.05) is 5.01 Å². The third kappa shape index (κ3) is 4.39. The lowest BCUT2D eigenvalue weighted by Gasteiger charge is -2.26. The van der Waals surface area contributed by atoms with Gasteiger partial charge in [-0.05, 0) is 53.6 Å². The Balaban J connectivity index is 1.76. The molecule has 0 aliphatic carbocycles. The van der Waals surface area contributed by atoms with Crippen LogP contribution in [0.15, 0.2) is 79.4 Å². The molecule has 0 unspecified atom stereocenters. The van der Waals surface area contributed by atoms with Crippen molar-refractivity contribution in [1.82, 2.24) is 14.9 Å². The van der Waals surface area contributed by atoms with E-state index in [4.69, 9.17) is 0 Å². The van der Waals surface area contributed by atoms with Crippen LogP contribution >= 0.6 is 0 Å². The number of phenolic OH excluding ortho intramolecular Hbond substituents is 1. The normalized spacial score (nSPS) is 11.2. The first kappa shape index (κ1) is 20.9. The second-order valence-corrected chi connectivity index (χ2v) is 6.98. The molecule has 6 nitrogen and oxygen atoms in total. The summed E-state index contributed by atoms with van der Waals surface area (Å²) in [6.45, 7) is 0.386. The molecule has 1 aromatic heterocycles. The quantitative estimate of drug-likeness (QED) is 0.477. The molecule has 3 aromatic carbocycles.